The summed E-state index contributed by atoms with van der Waals surface area (Å²) in [5.41, 5.74) is 1.73. The topological polar surface area (TPSA) is 63.7 Å². The van der Waals surface area contributed by atoms with Crippen LogP contribution in [-0.2, 0) is 11.3 Å². The van der Waals surface area contributed by atoms with E-state index in [0.29, 0.717) is 37.9 Å². The smallest absolute Gasteiger partial charge is 0.321 e. The third kappa shape index (κ3) is 5.19. The zero-order chi connectivity index (χ0) is 17.5. The van der Waals surface area contributed by atoms with Crippen molar-refractivity contribution in [3.63, 3.8) is 0 Å². The number of hydrogen-bond acceptors (Lipinski definition) is 4. The maximum Gasteiger partial charge on any atom is 0.321 e. The molecule has 2 amide bonds. The lowest BCUT2D eigenvalue weighted by molar-refractivity contribution is 0.0718. The first kappa shape index (κ1) is 17.2. The van der Waals surface area contributed by atoms with Gasteiger partial charge in [-0.15, -0.1) is 0 Å². The number of urea groups is 1. The standard InChI is InChI=1S/C19H23N3O3/c1-15-13-22(10-5-11-24-15)19(23)21-17-8-9-20-18(12-17)25-14-16-6-3-2-4-7-16/h2-4,6-9,12,15H,5,10-11,13-14H2,1H3,(H,20,21,23). The third-order valence-corrected chi connectivity index (χ3v) is 3.96. The van der Waals surface area contributed by atoms with Gasteiger partial charge in [-0.2, -0.15) is 0 Å². The maximum absolute atomic E-state index is 12.5. The Balaban J connectivity index is 1.58. The van der Waals surface area contributed by atoms with E-state index in [2.05, 4.69) is 10.3 Å². The van der Waals surface area contributed by atoms with Crippen molar-refractivity contribution in [2.24, 2.45) is 0 Å². The van der Waals surface area contributed by atoms with Gasteiger partial charge in [-0.25, -0.2) is 9.78 Å². The van der Waals surface area contributed by atoms with Crippen molar-refractivity contribution < 1.29 is 14.3 Å². The van der Waals surface area contributed by atoms with Crippen LogP contribution in [0.5, 0.6) is 5.88 Å². The van der Waals surface area contributed by atoms with Crippen molar-refractivity contribution in [2.75, 3.05) is 25.0 Å². The number of hydrogen-bond donors (Lipinski definition) is 1. The molecule has 0 saturated carbocycles. The Labute approximate surface area is 147 Å². The summed E-state index contributed by atoms with van der Waals surface area (Å²) in [5.74, 6) is 0.481. The highest BCUT2D eigenvalue weighted by Gasteiger charge is 2.19. The predicted molar refractivity (Wildman–Crippen MR) is 95.6 cm³/mol. The molecule has 0 radical (unpaired) electrons. The van der Waals surface area contributed by atoms with Crippen molar-refractivity contribution in [1.29, 1.82) is 0 Å². The van der Waals surface area contributed by atoms with E-state index in [1.54, 1.807) is 23.2 Å². The van der Waals surface area contributed by atoms with Crippen LogP contribution in [0.4, 0.5) is 10.5 Å². The van der Waals surface area contributed by atoms with Gasteiger partial charge >= 0.3 is 6.03 Å². The second-order valence-corrected chi connectivity index (χ2v) is 6.07. The molecule has 0 spiro atoms. The van der Waals surface area contributed by atoms with Crippen LogP contribution in [-0.4, -0.2) is 41.7 Å². The molecular weight excluding hydrogens is 318 g/mol. The van der Waals surface area contributed by atoms with Crippen molar-refractivity contribution in [3.05, 3.63) is 54.2 Å². The Morgan fingerprint density at radius 3 is 3.04 bits per heavy atom. The fourth-order valence-electron chi connectivity index (χ4n) is 2.68. The molecule has 132 valence electrons. The van der Waals surface area contributed by atoms with Gasteiger partial charge in [-0.3, -0.25) is 0 Å². The molecule has 6 nitrogen and oxygen atoms in total. The lowest BCUT2D eigenvalue weighted by Crippen LogP contribution is -2.38. The minimum absolute atomic E-state index is 0.0513. The summed E-state index contributed by atoms with van der Waals surface area (Å²) in [7, 11) is 0. The molecule has 1 fully saturated rings. The summed E-state index contributed by atoms with van der Waals surface area (Å²) in [4.78, 5) is 18.4. The average molecular weight is 341 g/mol. The van der Waals surface area contributed by atoms with Crippen molar-refractivity contribution in [1.82, 2.24) is 9.88 Å². The number of benzene rings is 1. The molecule has 1 aromatic carbocycles. The van der Waals surface area contributed by atoms with Crippen molar-refractivity contribution in [3.8, 4) is 5.88 Å². The number of nitrogens with one attached hydrogen (secondary N) is 1. The molecule has 2 aromatic rings. The summed E-state index contributed by atoms with van der Waals surface area (Å²) < 4.78 is 11.3. The van der Waals surface area contributed by atoms with E-state index in [-0.39, 0.29) is 12.1 Å². The number of carbonyl (C=O) groups is 1. The number of rotatable bonds is 4. The monoisotopic (exact) mass is 341 g/mol. The zero-order valence-corrected chi connectivity index (χ0v) is 14.4. The van der Waals surface area contributed by atoms with Crippen LogP contribution in [0.1, 0.15) is 18.9 Å². The fourth-order valence-corrected chi connectivity index (χ4v) is 2.68. The molecule has 1 atom stereocenters. The van der Waals surface area contributed by atoms with E-state index in [4.69, 9.17) is 9.47 Å². The second-order valence-electron chi connectivity index (χ2n) is 6.07. The number of amides is 2. The quantitative estimate of drug-likeness (QED) is 0.927. The van der Waals surface area contributed by atoms with Crippen LogP contribution in [0.15, 0.2) is 48.7 Å². The summed E-state index contributed by atoms with van der Waals surface area (Å²) in [6.45, 7) is 4.39. The molecule has 1 saturated heterocycles. The number of pyridine rings is 1. The largest absolute Gasteiger partial charge is 0.473 e. The predicted octanol–water partition coefficient (Wildman–Crippen LogP) is 3.30. The molecule has 1 aliphatic rings. The fraction of sp³-hybridized carbons (Fsp3) is 0.368. The van der Waals surface area contributed by atoms with Crippen LogP contribution in [0, 0.1) is 0 Å². The van der Waals surface area contributed by atoms with E-state index >= 15 is 0 Å². The molecule has 1 aliphatic heterocycles. The third-order valence-electron chi connectivity index (χ3n) is 3.96. The number of nitrogens with zero attached hydrogens (tertiary/aromatic N) is 2. The van der Waals surface area contributed by atoms with Gasteiger partial charge in [0.1, 0.15) is 6.61 Å². The molecule has 1 N–H and O–H groups in total. The van der Waals surface area contributed by atoms with Gasteiger partial charge in [-0.05, 0) is 25.0 Å². The molecule has 0 bridgehead atoms. The minimum Gasteiger partial charge on any atom is -0.473 e. The normalized spacial score (nSPS) is 17.6. The first-order valence-electron chi connectivity index (χ1n) is 8.51. The first-order valence-corrected chi connectivity index (χ1v) is 8.51. The molecule has 1 unspecified atom stereocenters. The Hall–Kier alpha value is -2.60. The highest BCUT2D eigenvalue weighted by Crippen LogP contribution is 2.17. The molecular formula is C19H23N3O3. The van der Waals surface area contributed by atoms with E-state index in [1.165, 1.54) is 0 Å². The average Bonchev–Trinajstić information content (AvgIpc) is 2.86. The molecule has 25 heavy (non-hydrogen) atoms. The van der Waals surface area contributed by atoms with E-state index in [0.717, 1.165) is 12.0 Å². The van der Waals surface area contributed by atoms with Gasteiger partial charge in [0.15, 0.2) is 0 Å². The number of aromatic nitrogens is 1. The lowest BCUT2D eigenvalue weighted by atomic mass is 10.2. The number of carbonyl (C=O) groups excluding carboxylic acids is 1. The highest BCUT2D eigenvalue weighted by molar-refractivity contribution is 5.89. The molecule has 2 heterocycles. The van der Waals surface area contributed by atoms with Crippen molar-refractivity contribution in [2.45, 2.75) is 26.1 Å². The van der Waals surface area contributed by atoms with Gasteiger partial charge in [0, 0.05) is 37.6 Å². The van der Waals surface area contributed by atoms with E-state index in [9.17, 15) is 4.79 Å². The Morgan fingerprint density at radius 2 is 2.20 bits per heavy atom. The molecule has 6 heteroatoms. The summed E-state index contributed by atoms with van der Waals surface area (Å²) in [6.07, 6.45) is 2.53. The van der Waals surface area contributed by atoms with Crippen LogP contribution < -0.4 is 10.1 Å². The van der Waals surface area contributed by atoms with Gasteiger partial charge < -0.3 is 19.7 Å². The summed E-state index contributed by atoms with van der Waals surface area (Å²) in [5, 5.41) is 2.91. The van der Waals surface area contributed by atoms with Crippen LogP contribution in [0.2, 0.25) is 0 Å². The van der Waals surface area contributed by atoms with Gasteiger partial charge in [0.05, 0.1) is 6.10 Å². The van der Waals surface area contributed by atoms with Gasteiger partial charge in [0.2, 0.25) is 5.88 Å². The van der Waals surface area contributed by atoms with Crippen LogP contribution in [0.25, 0.3) is 0 Å². The SMILES string of the molecule is CC1CN(C(=O)Nc2ccnc(OCc3ccccc3)c2)CCCO1. The zero-order valence-electron chi connectivity index (χ0n) is 14.4. The number of ether oxygens (including phenoxy) is 2. The Morgan fingerprint density at radius 1 is 1.36 bits per heavy atom. The molecule has 3 rings (SSSR count). The summed E-state index contributed by atoms with van der Waals surface area (Å²) in [6, 6.07) is 13.2. The molecule has 0 aliphatic carbocycles. The highest BCUT2D eigenvalue weighted by atomic mass is 16.5. The van der Waals surface area contributed by atoms with Gasteiger partial charge in [-0.1, -0.05) is 30.3 Å². The van der Waals surface area contributed by atoms with Crippen molar-refractivity contribution >= 4 is 11.7 Å². The van der Waals surface area contributed by atoms with Gasteiger partial charge in [0.25, 0.3) is 0 Å². The lowest BCUT2D eigenvalue weighted by Gasteiger charge is -2.22. The van der Waals surface area contributed by atoms with E-state index in [1.807, 2.05) is 37.3 Å². The minimum atomic E-state index is -0.127. The number of anilines is 1. The first-order chi connectivity index (χ1) is 12.2. The summed E-state index contributed by atoms with van der Waals surface area (Å²) >= 11 is 0. The van der Waals surface area contributed by atoms with Crippen LogP contribution in [0.3, 0.4) is 0 Å². The Kier molecular flexibility index (Phi) is 5.85. The maximum atomic E-state index is 12.5. The Bertz CT molecular complexity index is 693. The van der Waals surface area contributed by atoms with E-state index < -0.39 is 0 Å². The second kappa shape index (κ2) is 8.48. The van der Waals surface area contributed by atoms with Crippen LogP contribution >= 0.6 is 0 Å². The molecule has 1 aromatic heterocycles.